The number of halogens is 3. The number of aliphatic carboxylic acids is 1. The van der Waals surface area contributed by atoms with E-state index in [0.717, 1.165) is 23.9 Å². The fourth-order valence-electron chi connectivity index (χ4n) is 3.27. The standard InChI is InChI=1S/C15H17N3O.C2HF3O2/c1-2-4-14-13(3-1)16-9-15(18-14)19-12-7-10-5-6-11(8-12)17-10;3-2(4,5)1(6)7/h1-4,9-12,17H,5-8H2;(H,6,7)/t10-,11+,12?;. The number of fused-ring (bicyclic) bond motifs is 3. The van der Waals surface area contributed by atoms with Crippen molar-refractivity contribution in [3.8, 4) is 5.88 Å². The molecule has 2 aliphatic rings. The minimum atomic E-state index is -5.08. The van der Waals surface area contributed by atoms with Crippen LogP contribution in [-0.4, -0.2) is 45.4 Å². The van der Waals surface area contributed by atoms with Gasteiger partial charge in [0.15, 0.2) is 0 Å². The van der Waals surface area contributed by atoms with Crippen molar-refractivity contribution in [1.82, 2.24) is 15.3 Å². The quantitative estimate of drug-likeness (QED) is 0.847. The van der Waals surface area contributed by atoms with Crippen LogP contribution in [0.15, 0.2) is 30.5 Å². The number of carboxylic acids is 1. The van der Waals surface area contributed by atoms with Gasteiger partial charge in [0, 0.05) is 12.1 Å². The zero-order valence-electron chi connectivity index (χ0n) is 13.7. The molecule has 1 aromatic carbocycles. The Balaban J connectivity index is 0.000000242. The number of benzene rings is 1. The van der Waals surface area contributed by atoms with Gasteiger partial charge < -0.3 is 15.2 Å². The van der Waals surface area contributed by atoms with Crippen molar-refractivity contribution in [2.24, 2.45) is 0 Å². The first kappa shape index (κ1) is 18.4. The van der Waals surface area contributed by atoms with Gasteiger partial charge in [0.2, 0.25) is 5.88 Å². The van der Waals surface area contributed by atoms with E-state index < -0.39 is 12.1 Å². The van der Waals surface area contributed by atoms with E-state index in [0.29, 0.717) is 18.0 Å². The van der Waals surface area contributed by atoms with Crippen LogP contribution in [0.1, 0.15) is 25.7 Å². The van der Waals surface area contributed by atoms with Gasteiger partial charge in [0.05, 0.1) is 17.2 Å². The lowest BCUT2D eigenvalue weighted by molar-refractivity contribution is -0.192. The van der Waals surface area contributed by atoms with Crippen molar-refractivity contribution in [3.63, 3.8) is 0 Å². The second kappa shape index (κ2) is 7.45. The Hall–Kier alpha value is -2.42. The lowest BCUT2D eigenvalue weighted by Gasteiger charge is -2.29. The monoisotopic (exact) mass is 369 g/mol. The Kier molecular flexibility index (Phi) is 5.26. The lowest BCUT2D eigenvalue weighted by Crippen LogP contribution is -2.42. The molecule has 2 saturated heterocycles. The van der Waals surface area contributed by atoms with Gasteiger partial charge in [-0.1, -0.05) is 12.1 Å². The van der Waals surface area contributed by atoms with Crippen LogP contribution in [0.5, 0.6) is 5.88 Å². The highest BCUT2D eigenvalue weighted by Gasteiger charge is 2.38. The second-order valence-electron chi connectivity index (χ2n) is 6.35. The summed E-state index contributed by atoms with van der Waals surface area (Å²) in [5.41, 5.74) is 1.82. The molecule has 2 aliphatic heterocycles. The van der Waals surface area contributed by atoms with E-state index in [1.54, 1.807) is 6.20 Å². The molecule has 140 valence electrons. The number of hydrogen-bond acceptors (Lipinski definition) is 5. The highest BCUT2D eigenvalue weighted by atomic mass is 19.4. The maximum atomic E-state index is 10.6. The zero-order valence-corrected chi connectivity index (χ0v) is 13.7. The molecule has 9 heteroatoms. The van der Waals surface area contributed by atoms with E-state index in [2.05, 4.69) is 15.3 Å². The number of hydrogen-bond donors (Lipinski definition) is 2. The van der Waals surface area contributed by atoms with E-state index in [9.17, 15) is 13.2 Å². The second-order valence-corrected chi connectivity index (χ2v) is 6.35. The average Bonchev–Trinajstić information content (AvgIpc) is 2.93. The van der Waals surface area contributed by atoms with Crippen LogP contribution in [0.3, 0.4) is 0 Å². The molecule has 2 bridgehead atoms. The number of carbonyl (C=O) groups is 1. The summed E-state index contributed by atoms with van der Waals surface area (Å²) in [5.74, 6) is -2.10. The molecule has 0 saturated carbocycles. The number of nitrogens with zero attached hydrogens (tertiary/aromatic N) is 2. The molecule has 1 unspecified atom stereocenters. The van der Waals surface area contributed by atoms with Crippen LogP contribution in [0.2, 0.25) is 0 Å². The first-order valence-electron chi connectivity index (χ1n) is 8.26. The van der Waals surface area contributed by atoms with Gasteiger partial charge in [-0.25, -0.2) is 14.8 Å². The zero-order chi connectivity index (χ0) is 18.7. The van der Waals surface area contributed by atoms with Crippen molar-refractivity contribution in [3.05, 3.63) is 30.5 Å². The molecule has 6 nitrogen and oxygen atoms in total. The molecule has 0 aliphatic carbocycles. The van der Waals surface area contributed by atoms with Crippen LogP contribution >= 0.6 is 0 Å². The molecule has 3 atom stereocenters. The number of piperidine rings is 1. The number of alkyl halides is 3. The topological polar surface area (TPSA) is 84.3 Å². The van der Waals surface area contributed by atoms with Gasteiger partial charge in [-0.15, -0.1) is 0 Å². The third kappa shape index (κ3) is 4.60. The third-order valence-electron chi connectivity index (χ3n) is 4.39. The Morgan fingerprint density at radius 3 is 2.31 bits per heavy atom. The number of para-hydroxylation sites is 2. The summed E-state index contributed by atoms with van der Waals surface area (Å²) in [6, 6.07) is 9.17. The summed E-state index contributed by atoms with van der Waals surface area (Å²) in [6.07, 6.45) is 1.69. The summed E-state index contributed by atoms with van der Waals surface area (Å²) in [5, 5.41) is 10.7. The van der Waals surface area contributed by atoms with Gasteiger partial charge in [0.1, 0.15) is 6.10 Å². The van der Waals surface area contributed by atoms with E-state index in [1.165, 1.54) is 12.8 Å². The number of ether oxygens (including phenoxy) is 1. The molecule has 0 spiro atoms. The van der Waals surface area contributed by atoms with Crippen LogP contribution in [0.4, 0.5) is 13.2 Å². The highest BCUT2D eigenvalue weighted by Crippen LogP contribution is 2.29. The van der Waals surface area contributed by atoms with Crippen molar-refractivity contribution in [2.45, 2.75) is 50.0 Å². The maximum Gasteiger partial charge on any atom is 0.490 e. The van der Waals surface area contributed by atoms with Crippen LogP contribution in [0.25, 0.3) is 11.0 Å². The summed E-state index contributed by atoms with van der Waals surface area (Å²) in [4.78, 5) is 17.8. The maximum absolute atomic E-state index is 10.6. The molecular weight excluding hydrogens is 351 g/mol. The van der Waals surface area contributed by atoms with Gasteiger partial charge in [-0.3, -0.25) is 0 Å². The van der Waals surface area contributed by atoms with Crippen LogP contribution < -0.4 is 10.1 Å². The van der Waals surface area contributed by atoms with Gasteiger partial charge >= 0.3 is 12.1 Å². The molecule has 2 fully saturated rings. The molecular formula is C17H18F3N3O3. The van der Waals surface area contributed by atoms with E-state index in [1.807, 2.05) is 24.3 Å². The van der Waals surface area contributed by atoms with E-state index in [4.69, 9.17) is 14.6 Å². The Bertz CT molecular complexity index is 772. The third-order valence-corrected chi connectivity index (χ3v) is 4.39. The molecule has 26 heavy (non-hydrogen) atoms. The summed E-state index contributed by atoms with van der Waals surface area (Å²) in [6.45, 7) is 0. The lowest BCUT2D eigenvalue weighted by atomic mass is 10.0. The summed E-state index contributed by atoms with van der Waals surface area (Å²) < 4.78 is 37.8. The first-order chi connectivity index (χ1) is 12.3. The molecule has 2 N–H and O–H groups in total. The number of aromatic nitrogens is 2. The normalized spacial score (nSPS) is 24.7. The SMILES string of the molecule is O=C(O)C(F)(F)F.c1ccc2nc(OC3C[C@H]4CC[C@@H](C3)N4)cnc2c1. The highest BCUT2D eigenvalue weighted by molar-refractivity contribution is 5.74. The fraction of sp³-hybridized carbons (Fsp3) is 0.471. The van der Waals surface area contributed by atoms with Gasteiger partial charge in [-0.2, -0.15) is 13.2 Å². The van der Waals surface area contributed by atoms with Crippen molar-refractivity contribution < 1.29 is 27.8 Å². The van der Waals surface area contributed by atoms with Crippen molar-refractivity contribution in [2.75, 3.05) is 0 Å². The Morgan fingerprint density at radius 2 is 1.73 bits per heavy atom. The number of rotatable bonds is 2. The Labute approximate surface area is 147 Å². The Morgan fingerprint density at radius 1 is 1.15 bits per heavy atom. The molecule has 3 heterocycles. The molecule has 1 aromatic heterocycles. The molecule has 2 aromatic rings. The molecule has 4 rings (SSSR count). The summed E-state index contributed by atoms with van der Waals surface area (Å²) in [7, 11) is 0. The minimum Gasteiger partial charge on any atom is -0.475 e. The van der Waals surface area contributed by atoms with Crippen LogP contribution in [-0.2, 0) is 4.79 Å². The van der Waals surface area contributed by atoms with Crippen LogP contribution in [0, 0.1) is 0 Å². The van der Waals surface area contributed by atoms with E-state index >= 15 is 0 Å². The van der Waals surface area contributed by atoms with Crippen molar-refractivity contribution in [1.29, 1.82) is 0 Å². The first-order valence-corrected chi connectivity index (χ1v) is 8.26. The number of nitrogens with one attached hydrogen (secondary N) is 1. The number of carboxylic acid groups (broad SMARTS) is 1. The van der Waals surface area contributed by atoms with Gasteiger partial charge in [-0.05, 0) is 37.8 Å². The van der Waals surface area contributed by atoms with Crippen molar-refractivity contribution >= 4 is 17.0 Å². The predicted molar refractivity (Wildman–Crippen MR) is 86.8 cm³/mol. The molecule has 0 radical (unpaired) electrons. The minimum absolute atomic E-state index is 0.286. The predicted octanol–water partition coefficient (Wildman–Crippen LogP) is 2.92. The van der Waals surface area contributed by atoms with Gasteiger partial charge in [0.25, 0.3) is 0 Å². The fourth-order valence-corrected chi connectivity index (χ4v) is 3.27. The van der Waals surface area contributed by atoms with E-state index in [-0.39, 0.29) is 6.10 Å². The smallest absolute Gasteiger partial charge is 0.475 e. The molecule has 0 amide bonds. The average molecular weight is 369 g/mol. The summed E-state index contributed by atoms with van der Waals surface area (Å²) >= 11 is 0. The largest absolute Gasteiger partial charge is 0.490 e.